The highest BCUT2D eigenvalue weighted by Crippen LogP contribution is 2.52. The van der Waals surface area contributed by atoms with Gasteiger partial charge in [-0.1, -0.05) is 406 Å². The molecule has 0 unspecified atom stereocenters. The molecular weight excluding hydrogens is 1540 g/mol. The average molecular weight is 1620 g/mol. The molecule has 3 nitrogen and oxygen atoms in total. The molecule has 0 N–H and O–H groups in total. The summed E-state index contributed by atoms with van der Waals surface area (Å²) in [6, 6.07) is 182. The fourth-order valence-corrected chi connectivity index (χ4v) is 31.4. The number of aromatic nitrogens is 3. The van der Waals surface area contributed by atoms with E-state index in [4.69, 9.17) is 0 Å². The van der Waals surface area contributed by atoms with Crippen molar-refractivity contribution in [1.29, 1.82) is 0 Å². The Morgan fingerprint density at radius 1 is 0.120 bits per heavy atom. The minimum Gasteiger partial charge on any atom is -0.309 e. The van der Waals surface area contributed by atoms with E-state index in [-0.39, 0.29) is 0 Å². The zero-order valence-corrected chi connectivity index (χ0v) is 70.5. The Morgan fingerprint density at radius 2 is 0.352 bits per heavy atom. The first kappa shape index (κ1) is 72.1. The third-order valence-electron chi connectivity index (χ3n) is 27.3. The lowest BCUT2D eigenvalue weighted by Crippen LogP contribution is -2.74. The standard InChI is InChI=1S/C120H79N3Si2/c1-6-32-85(33-7-1)124(86-34-8-2-9-35-86,87-36-10-3-11-37-87)92-67-73-119-114(79-92)112-77-84(63-71-117(112)122(119)83-62-70-106-102-51-23-21-47-98(102)94-43-17-19-45-96(94)100-49-25-27-53-104(100)111(106)76-83)123-115-56-30-28-54-107(115)109-68-60-81(74-120(109)123)80-58-64-90(65-59-80)125(88-38-12-4-13-39-88,89-40-14-5-15-41-89)91-66-72-118-113(78-91)108-55-29-31-57-116(108)121(118)82-61-69-105-101-50-22-20-46-97(101)93-42-16-18-44-95(93)99-48-24-26-52-103(99)110(105)75-82/h1-79H. The molecule has 5 heteroatoms. The van der Waals surface area contributed by atoms with Crippen molar-refractivity contribution in [2.75, 3.05) is 0 Å². The number of hydrogen-bond acceptors (Lipinski definition) is 0. The van der Waals surface area contributed by atoms with Gasteiger partial charge in [0, 0.05) is 49.4 Å². The highest BCUT2D eigenvalue weighted by molar-refractivity contribution is 7.20. The Bertz CT molecular complexity index is 8120. The molecule has 3 heterocycles. The molecule has 20 aromatic carbocycles. The summed E-state index contributed by atoms with van der Waals surface area (Å²) in [6.07, 6.45) is 0. The largest absolute Gasteiger partial charge is 0.309 e. The number of fused-ring (bicyclic) bond motifs is 25. The number of nitrogens with zero attached hydrogens (tertiary/aromatic N) is 3. The first-order valence-electron chi connectivity index (χ1n) is 43.4. The molecule has 3 aromatic heterocycles. The number of benzene rings is 20. The minimum absolute atomic E-state index is 1.10. The second-order valence-corrected chi connectivity index (χ2v) is 41.2. The maximum Gasteiger partial charge on any atom is 0.179 e. The van der Waals surface area contributed by atoms with Crippen molar-refractivity contribution in [3.05, 3.63) is 479 Å². The van der Waals surface area contributed by atoms with Gasteiger partial charge in [-0.15, -0.1) is 0 Å². The molecule has 0 atom stereocenters. The molecule has 0 amide bonds. The van der Waals surface area contributed by atoms with Gasteiger partial charge in [-0.25, -0.2) is 0 Å². The second kappa shape index (κ2) is 29.0. The third kappa shape index (κ3) is 11.1. The van der Waals surface area contributed by atoms with Crippen LogP contribution in [0.3, 0.4) is 0 Å². The van der Waals surface area contributed by atoms with Crippen molar-refractivity contribution >= 4 is 123 Å². The Labute approximate surface area is 727 Å². The molecule has 23 aromatic rings. The van der Waals surface area contributed by atoms with Crippen molar-refractivity contribution in [2.45, 2.75) is 0 Å². The monoisotopic (exact) mass is 1620 g/mol. The fraction of sp³-hybridized carbons (Fsp3) is 0. The Kier molecular flexibility index (Phi) is 16.7. The van der Waals surface area contributed by atoms with Crippen LogP contribution in [0.2, 0.25) is 0 Å². The molecule has 2 aliphatic carbocycles. The van der Waals surface area contributed by atoms with Crippen molar-refractivity contribution in [3.8, 4) is 117 Å². The molecule has 582 valence electrons. The van der Waals surface area contributed by atoms with Crippen LogP contribution >= 0.6 is 0 Å². The quantitative estimate of drug-likeness (QED) is 0.0855. The van der Waals surface area contributed by atoms with Crippen LogP contribution in [0.25, 0.3) is 183 Å². The van der Waals surface area contributed by atoms with E-state index in [9.17, 15) is 0 Å². The van der Waals surface area contributed by atoms with Crippen molar-refractivity contribution in [3.63, 3.8) is 0 Å². The summed E-state index contributed by atoms with van der Waals surface area (Å²) in [7, 11) is -6.16. The number of hydrogen-bond donors (Lipinski definition) is 0. The first-order valence-corrected chi connectivity index (χ1v) is 47.4. The van der Waals surface area contributed by atoms with Gasteiger partial charge in [0.05, 0.1) is 33.1 Å². The minimum atomic E-state index is -3.14. The van der Waals surface area contributed by atoms with Crippen LogP contribution in [0.4, 0.5) is 0 Å². The van der Waals surface area contributed by atoms with E-state index >= 15 is 0 Å². The van der Waals surface area contributed by atoms with Gasteiger partial charge in [-0.3, -0.25) is 0 Å². The lowest BCUT2D eigenvalue weighted by Gasteiger charge is -2.34. The molecule has 2 aliphatic rings. The van der Waals surface area contributed by atoms with Gasteiger partial charge in [0.25, 0.3) is 0 Å². The molecule has 0 aliphatic heterocycles. The highest BCUT2D eigenvalue weighted by atomic mass is 28.3. The molecule has 25 rings (SSSR count). The molecule has 0 fully saturated rings. The summed E-state index contributed by atoms with van der Waals surface area (Å²) in [5.74, 6) is 0. The molecule has 0 saturated carbocycles. The average Bonchev–Trinajstić information content (AvgIpc) is 1.60. The van der Waals surface area contributed by atoms with Gasteiger partial charge < -0.3 is 13.7 Å². The summed E-state index contributed by atoms with van der Waals surface area (Å²) in [4.78, 5) is 0. The highest BCUT2D eigenvalue weighted by Gasteiger charge is 2.44. The van der Waals surface area contributed by atoms with Crippen LogP contribution in [0.1, 0.15) is 0 Å². The van der Waals surface area contributed by atoms with Gasteiger partial charge in [0.2, 0.25) is 0 Å². The van der Waals surface area contributed by atoms with Gasteiger partial charge in [0.1, 0.15) is 0 Å². The SMILES string of the molecule is c1ccc([Si](c2ccccc2)(c2ccc(-c3ccc4c5ccccc5n(-c5ccc6c(c5)c5cc([Si](c7ccccc7)(c7ccccc7)c7ccccc7)ccc5n6-c5ccc6c(c5)-c5ccccc5-c5ccccc5-c5ccccc5-6)c4c3)cc2)c2ccc3c(c2)c2ccccc2n3-c2ccc3c(c2)-c2ccccc2-c2ccccc2-c2ccccc2-3)cc1. The van der Waals surface area contributed by atoms with E-state index in [1.807, 2.05) is 0 Å². The van der Waals surface area contributed by atoms with E-state index in [1.54, 1.807) is 0 Å². The topological polar surface area (TPSA) is 14.8 Å². The number of para-hydroxylation sites is 2. The number of rotatable bonds is 12. The van der Waals surface area contributed by atoms with Crippen molar-refractivity contribution in [1.82, 2.24) is 13.7 Å². The zero-order valence-electron chi connectivity index (χ0n) is 68.5. The van der Waals surface area contributed by atoms with Gasteiger partial charge >= 0.3 is 0 Å². The van der Waals surface area contributed by atoms with Crippen LogP contribution in [0, 0.1) is 0 Å². The molecule has 0 radical (unpaired) electrons. The molecule has 0 bridgehead atoms. The molecule has 125 heavy (non-hydrogen) atoms. The summed E-state index contributed by atoms with van der Waals surface area (Å²) < 4.78 is 7.59. The second-order valence-electron chi connectivity index (χ2n) is 33.6. The molecule has 0 saturated heterocycles. The van der Waals surface area contributed by atoms with Gasteiger partial charge in [-0.2, -0.15) is 0 Å². The van der Waals surface area contributed by atoms with Gasteiger partial charge in [0.15, 0.2) is 16.1 Å². The smallest absolute Gasteiger partial charge is 0.179 e. The van der Waals surface area contributed by atoms with E-state index in [1.165, 1.54) is 174 Å². The molecule has 0 spiro atoms. The Morgan fingerprint density at radius 3 is 0.720 bits per heavy atom. The van der Waals surface area contributed by atoms with Crippen LogP contribution in [-0.2, 0) is 0 Å². The summed E-state index contributed by atoms with van der Waals surface area (Å²) in [5.41, 5.74) is 32.2. The molecular formula is C120H79N3Si2. The van der Waals surface area contributed by atoms with Crippen LogP contribution in [-0.4, -0.2) is 29.8 Å². The zero-order chi connectivity index (χ0) is 82.3. The van der Waals surface area contributed by atoms with Crippen molar-refractivity contribution in [2.24, 2.45) is 0 Å². The summed E-state index contributed by atoms with van der Waals surface area (Å²) >= 11 is 0. The Hall–Kier alpha value is -15.8. The Balaban J connectivity index is 0.658. The van der Waals surface area contributed by atoms with E-state index < -0.39 is 16.1 Å². The normalized spacial score (nSPS) is 12.2. The maximum absolute atomic E-state index is 3.14. The predicted molar refractivity (Wildman–Crippen MR) is 533 cm³/mol. The summed E-state index contributed by atoms with van der Waals surface area (Å²) in [6.45, 7) is 0. The first-order chi connectivity index (χ1) is 62.0. The van der Waals surface area contributed by atoms with E-state index in [2.05, 4.69) is 493 Å². The van der Waals surface area contributed by atoms with Crippen LogP contribution in [0.5, 0.6) is 0 Å². The lowest BCUT2D eigenvalue weighted by molar-refractivity contribution is 1.17. The van der Waals surface area contributed by atoms with E-state index in [0.717, 1.165) is 50.3 Å². The summed E-state index contributed by atoms with van der Waals surface area (Å²) in [5, 5.41) is 17.9. The van der Waals surface area contributed by atoms with Crippen molar-refractivity contribution < 1.29 is 0 Å². The van der Waals surface area contributed by atoms with Crippen LogP contribution < -0.4 is 41.5 Å². The van der Waals surface area contributed by atoms with Crippen LogP contribution in [0.15, 0.2) is 479 Å². The fourth-order valence-electron chi connectivity index (χ4n) is 21.9. The maximum atomic E-state index is 2.58. The predicted octanol–water partition coefficient (Wildman–Crippen LogP) is 25.4. The van der Waals surface area contributed by atoms with E-state index in [0.29, 0.717) is 0 Å². The third-order valence-corrected chi connectivity index (χ3v) is 36.9. The van der Waals surface area contributed by atoms with Gasteiger partial charge in [-0.05, 0) is 214 Å². The lowest BCUT2D eigenvalue weighted by atomic mass is 9.81.